The summed E-state index contributed by atoms with van der Waals surface area (Å²) in [5.74, 6) is -0.734. The summed E-state index contributed by atoms with van der Waals surface area (Å²) in [6, 6.07) is 8.17. The number of carboxylic acids is 1. The maximum Gasteiger partial charge on any atom is 0.305 e. The molecule has 1 heterocycles. The SMILES string of the molecule is CN1CCN(C(CC(=O)O)c2ccc(I)cc2)CC1. The van der Waals surface area contributed by atoms with Gasteiger partial charge in [-0.3, -0.25) is 9.69 Å². The first-order valence-electron chi connectivity index (χ1n) is 6.46. The summed E-state index contributed by atoms with van der Waals surface area (Å²) in [5, 5.41) is 9.14. The first-order chi connectivity index (χ1) is 9.06. The summed E-state index contributed by atoms with van der Waals surface area (Å²) in [6.45, 7) is 3.86. The van der Waals surface area contributed by atoms with E-state index in [1.54, 1.807) is 0 Å². The molecular formula is C14H19IN2O2. The van der Waals surface area contributed by atoms with E-state index < -0.39 is 5.97 Å². The predicted octanol–water partition coefficient (Wildman–Crippen LogP) is 2.05. The van der Waals surface area contributed by atoms with E-state index in [0.29, 0.717) is 0 Å². The van der Waals surface area contributed by atoms with Crippen LogP contribution in [-0.4, -0.2) is 54.1 Å². The maximum atomic E-state index is 11.1. The minimum Gasteiger partial charge on any atom is -0.481 e. The third kappa shape index (κ3) is 4.15. The van der Waals surface area contributed by atoms with Crippen LogP contribution in [0.15, 0.2) is 24.3 Å². The zero-order valence-corrected chi connectivity index (χ0v) is 13.2. The van der Waals surface area contributed by atoms with Crippen molar-refractivity contribution in [3.05, 3.63) is 33.4 Å². The molecule has 5 heteroatoms. The van der Waals surface area contributed by atoms with Crippen LogP contribution in [0.4, 0.5) is 0 Å². The molecule has 0 amide bonds. The molecule has 19 heavy (non-hydrogen) atoms. The van der Waals surface area contributed by atoms with Crippen molar-refractivity contribution < 1.29 is 9.90 Å². The lowest BCUT2D eigenvalue weighted by Crippen LogP contribution is -2.46. The number of hydrogen-bond acceptors (Lipinski definition) is 3. The molecule has 1 aromatic rings. The van der Waals surface area contributed by atoms with Gasteiger partial charge in [-0.05, 0) is 47.3 Å². The number of rotatable bonds is 4. The number of nitrogens with zero attached hydrogens (tertiary/aromatic N) is 2. The number of carbonyl (C=O) groups is 1. The number of benzene rings is 1. The topological polar surface area (TPSA) is 43.8 Å². The van der Waals surface area contributed by atoms with Gasteiger partial charge in [0.15, 0.2) is 0 Å². The van der Waals surface area contributed by atoms with Crippen LogP contribution in [0.2, 0.25) is 0 Å². The molecule has 1 aliphatic rings. The van der Waals surface area contributed by atoms with Crippen molar-refractivity contribution in [2.24, 2.45) is 0 Å². The van der Waals surface area contributed by atoms with Crippen molar-refractivity contribution in [1.29, 1.82) is 0 Å². The third-order valence-corrected chi connectivity index (χ3v) is 4.32. The van der Waals surface area contributed by atoms with Gasteiger partial charge in [-0.25, -0.2) is 0 Å². The van der Waals surface area contributed by atoms with Crippen LogP contribution in [0.5, 0.6) is 0 Å². The predicted molar refractivity (Wildman–Crippen MR) is 83.2 cm³/mol. The fourth-order valence-corrected chi connectivity index (χ4v) is 2.80. The molecule has 4 nitrogen and oxygen atoms in total. The first kappa shape index (κ1) is 14.7. The standard InChI is InChI=1S/C14H19IN2O2/c1-16-6-8-17(9-7-16)13(10-14(18)19)11-2-4-12(15)5-3-11/h2-5,13H,6-10H2,1H3,(H,18,19). The molecule has 1 aromatic carbocycles. The average molecular weight is 374 g/mol. The van der Waals surface area contributed by atoms with E-state index in [1.807, 2.05) is 24.3 Å². The summed E-state index contributed by atoms with van der Waals surface area (Å²) in [7, 11) is 2.11. The first-order valence-corrected chi connectivity index (χ1v) is 7.54. The van der Waals surface area contributed by atoms with Crippen molar-refractivity contribution in [2.75, 3.05) is 33.2 Å². The molecule has 0 spiro atoms. The Labute approximate surface area is 127 Å². The van der Waals surface area contributed by atoms with Crippen LogP contribution in [-0.2, 0) is 4.79 Å². The molecule has 1 saturated heterocycles. The summed E-state index contributed by atoms with van der Waals surface area (Å²) >= 11 is 2.27. The second-order valence-corrected chi connectivity index (χ2v) is 6.25. The normalized spacial score (nSPS) is 19.3. The molecule has 0 radical (unpaired) electrons. The van der Waals surface area contributed by atoms with Crippen LogP contribution in [0.25, 0.3) is 0 Å². The van der Waals surface area contributed by atoms with Crippen LogP contribution in [0, 0.1) is 3.57 Å². The maximum absolute atomic E-state index is 11.1. The number of likely N-dealkylation sites (N-methyl/N-ethyl adjacent to an activating group) is 1. The second kappa shape index (κ2) is 6.67. The number of carboxylic acid groups (broad SMARTS) is 1. The van der Waals surface area contributed by atoms with E-state index in [2.05, 4.69) is 39.4 Å². The Bertz CT molecular complexity index is 428. The summed E-state index contributed by atoms with van der Waals surface area (Å²) < 4.78 is 1.17. The van der Waals surface area contributed by atoms with Crippen LogP contribution in [0.3, 0.4) is 0 Å². The highest BCUT2D eigenvalue weighted by atomic mass is 127. The van der Waals surface area contributed by atoms with Gasteiger partial charge in [0.25, 0.3) is 0 Å². The van der Waals surface area contributed by atoms with Gasteiger partial charge >= 0.3 is 5.97 Å². The van der Waals surface area contributed by atoms with Gasteiger partial charge in [-0.15, -0.1) is 0 Å². The highest BCUT2D eigenvalue weighted by Gasteiger charge is 2.25. The van der Waals surface area contributed by atoms with Gasteiger partial charge in [0.05, 0.1) is 6.42 Å². The van der Waals surface area contributed by atoms with Crippen molar-refractivity contribution in [3.63, 3.8) is 0 Å². The molecule has 0 aromatic heterocycles. The highest BCUT2D eigenvalue weighted by Crippen LogP contribution is 2.26. The van der Waals surface area contributed by atoms with Gasteiger partial charge in [0.2, 0.25) is 0 Å². The molecule has 1 fully saturated rings. The van der Waals surface area contributed by atoms with Gasteiger partial charge in [-0.2, -0.15) is 0 Å². The van der Waals surface area contributed by atoms with E-state index >= 15 is 0 Å². The van der Waals surface area contributed by atoms with E-state index in [9.17, 15) is 4.79 Å². The monoisotopic (exact) mass is 374 g/mol. The van der Waals surface area contributed by atoms with Gasteiger partial charge in [0.1, 0.15) is 0 Å². The minimum absolute atomic E-state index is 0.0109. The Kier molecular flexibility index (Phi) is 5.18. The van der Waals surface area contributed by atoms with E-state index in [-0.39, 0.29) is 12.5 Å². The van der Waals surface area contributed by atoms with Crippen molar-refractivity contribution in [3.8, 4) is 0 Å². The summed E-state index contributed by atoms with van der Waals surface area (Å²) in [6.07, 6.45) is 0.171. The van der Waals surface area contributed by atoms with Crippen LogP contribution >= 0.6 is 22.6 Å². The molecule has 1 unspecified atom stereocenters. The number of halogens is 1. The Morgan fingerprint density at radius 1 is 1.26 bits per heavy atom. The number of piperazine rings is 1. The molecule has 2 rings (SSSR count). The Balaban J connectivity index is 2.15. The lowest BCUT2D eigenvalue weighted by molar-refractivity contribution is -0.138. The smallest absolute Gasteiger partial charge is 0.305 e. The van der Waals surface area contributed by atoms with Crippen molar-refractivity contribution in [1.82, 2.24) is 9.80 Å². The summed E-state index contributed by atoms with van der Waals surface area (Å²) in [4.78, 5) is 15.7. The van der Waals surface area contributed by atoms with Crippen LogP contribution in [0.1, 0.15) is 18.0 Å². The fraction of sp³-hybridized carbons (Fsp3) is 0.500. The van der Waals surface area contributed by atoms with E-state index in [0.717, 1.165) is 31.7 Å². The molecule has 104 valence electrons. The van der Waals surface area contributed by atoms with Gasteiger partial charge in [0, 0.05) is 35.8 Å². The van der Waals surface area contributed by atoms with Crippen LogP contribution < -0.4 is 0 Å². The quantitative estimate of drug-likeness (QED) is 0.820. The fourth-order valence-electron chi connectivity index (χ4n) is 2.44. The zero-order chi connectivity index (χ0) is 13.8. The van der Waals surface area contributed by atoms with Gasteiger partial charge < -0.3 is 10.0 Å². The number of aliphatic carboxylic acids is 1. The molecule has 0 saturated carbocycles. The Hall–Kier alpha value is -0.660. The van der Waals surface area contributed by atoms with Gasteiger partial charge in [-0.1, -0.05) is 12.1 Å². The summed E-state index contributed by atoms with van der Waals surface area (Å²) in [5.41, 5.74) is 1.10. The minimum atomic E-state index is -0.734. The molecule has 1 N–H and O–H groups in total. The van der Waals surface area contributed by atoms with E-state index in [1.165, 1.54) is 3.57 Å². The Morgan fingerprint density at radius 2 is 1.84 bits per heavy atom. The highest BCUT2D eigenvalue weighted by molar-refractivity contribution is 14.1. The lowest BCUT2D eigenvalue weighted by Gasteiger charge is -2.37. The molecule has 0 aliphatic carbocycles. The molecule has 1 aliphatic heterocycles. The van der Waals surface area contributed by atoms with Crippen molar-refractivity contribution in [2.45, 2.75) is 12.5 Å². The lowest BCUT2D eigenvalue weighted by atomic mass is 10.0. The molecular weight excluding hydrogens is 355 g/mol. The van der Waals surface area contributed by atoms with E-state index in [4.69, 9.17) is 5.11 Å². The number of hydrogen-bond donors (Lipinski definition) is 1. The largest absolute Gasteiger partial charge is 0.481 e. The third-order valence-electron chi connectivity index (χ3n) is 3.60. The average Bonchev–Trinajstić information content (AvgIpc) is 2.38. The zero-order valence-electron chi connectivity index (χ0n) is 11.1. The Morgan fingerprint density at radius 3 is 2.37 bits per heavy atom. The molecule has 1 atom stereocenters. The molecule has 0 bridgehead atoms. The second-order valence-electron chi connectivity index (χ2n) is 5.00. The van der Waals surface area contributed by atoms with Crippen molar-refractivity contribution >= 4 is 28.6 Å².